The number of piperazine rings is 1. The van der Waals surface area contributed by atoms with Gasteiger partial charge in [-0.2, -0.15) is 4.31 Å². The molecule has 0 spiro atoms. The number of benzene rings is 2. The zero-order chi connectivity index (χ0) is 23.8. The highest BCUT2D eigenvalue weighted by molar-refractivity contribution is 7.89. The molecule has 2 heterocycles. The fourth-order valence-corrected chi connectivity index (χ4v) is 5.15. The maximum atomic E-state index is 13.1. The molecule has 4 rings (SSSR count). The Morgan fingerprint density at radius 2 is 1.65 bits per heavy atom. The van der Waals surface area contributed by atoms with Crippen LogP contribution in [-0.4, -0.2) is 55.7 Å². The molecule has 0 aliphatic carbocycles. The van der Waals surface area contributed by atoms with Gasteiger partial charge in [0, 0.05) is 32.7 Å². The van der Waals surface area contributed by atoms with Gasteiger partial charge in [-0.3, -0.25) is 0 Å². The van der Waals surface area contributed by atoms with Crippen molar-refractivity contribution in [3.05, 3.63) is 72.3 Å². The van der Waals surface area contributed by atoms with Crippen molar-refractivity contribution < 1.29 is 13.2 Å². The van der Waals surface area contributed by atoms with Crippen molar-refractivity contribution in [2.24, 2.45) is 0 Å². The van der Waals surface area contributed by atoms with Crippen LogP contribution in [0.15, 0.2) is 71.6 Å². The Balaban J connectivity index is 1.30. The van der Waals surface area contributed by atoms with E-state index in [0.29, 0.717) is 50.9 Å². The molecule has 9 heteroatoms. The molecule has 2 aromatic carbocycles. The lowest BCUT2D eigenvalue weighted by atomic mass is 10.2. The van der Waals surface area contributed by atoms with E-state index in [-0.39, 0.29) is 4.90 Å². The van der Waals surface area contributed by atoms with Crippen LogP contribution in [-0.2, 0) is 16.6 Å². The summed E-state index contributed by atoms with van der Waals surface area (Å²) >= 11 is 0. The monoisotopic (exact) mass is 481 g/mol. The van der Waals surface area contributed by atoms with Gasteiger partial charge in [0.2, 0.25) is 10.0 Å². The highest BCUT2D eigenvalue weighted by atomic mass is 32.2. The smallest absolute Gasteiger partial charge is 0.243 e. The first kappa shape index (κ1) is 24.0. The van der Waals surface area contributed by atoms with Crippen LogP contribution in [0.2, 0.25) is 0 Å². The predicted octanol–water partition coefficient (Wildman–Crippen LogP) is 3.78. The van der Waals surface area contributed by atoms with E-state index in [1.807, 2.05) is 30.3 Å². The molecule has 1 aliphatic rings. The average molecular weight is 482 g/mol. The van der Waals surface area contributed by atoms with Crippen molar-refractivity contribution in [3.63, 3.8) is 0 Å². The Morgan fingerprint density at radius 1 is 0.912 bits per heavy atom. The number of nitrogens with zero attached hydrogens (tertiary/aromatic N) is 4. The molecular formula is C25H31N5O3S. The van der Waals surface area contributed by atoms with Gasteiger partial charge in [0.05, 0.1) is 11.5 Å². The van der Waals surface area contributed by atoms with E-state index in [4.69, 9.17) is 4.74 Å². The van der Waals surface area contributed by atoms with Crippen LogP contribution in [0.1, 0.15) is 25.3 Å². The van der Waals surface area contributed by atoms with Gasteiger partial charge >= 0.3 is 0 Å². The number of rotatable bonds is 10. The molecule has 8 nitrogen and oxygen atoms in total. The van der Waals surface area contributed by atoms with Gasteiger partial charge in [0.1, 0.15) is 11.6 Å². The van der Waals surface area contributed by atoms with Gasteiger partial charge in [-0.1, -0.05) is 43.7 Å². The molecule has 1 aliphatic heterocycles. The Bertz CT molecular complexity index is 1130. The first-order valence-electron chi connectivity index (χ1n) is 11.7. The van der Waals surface area contributed by atoms with E-state index < -0.39 is 10.0 Å². The number of ether oxygens (including phenoxy) is 1. The minimum absolute atomic E-state index is 0.289. The molecule has 0 amide bonds. The fourth-order valence-electron chi connectivity index (χ4n) is 3.73. The second-order valence-corrected chi connectivity index (χ2v) is 10.1. The van der Waals surface area contributed by atoms with Crippen LogP contribution in [0.4, 0.5) is 11.6 Å². The molecule has 1 aromatic heterocycles. The van der Waals surface area contributed by atoms with Crippen LogP contribution < -0.4 is 15.0 Å². The quantitative estimate of drug-likeness (QED) is 0.441. The number of nitrogens with one attached hydrogen (secondary N) is 1. The molecule has 1 fully saturated rings. The number of anilines is 2. The Kier molecular flexibility index (Phi) is 7.97. The Labute approximate surface area is 201 Å². The summed E-state index contributed by atoms with van der Waals surface area (Å²) in [6, 6.07) is 20.6. The van der Waals surface area contributed by atoms with Crippen LogP contribution in [0.5, 0.6) is 5.75 Å². The number of hydrogen-bond acceptors (Lipinski definition) is 7. The largest absolute Gasteiger partial charge is 0.494 e. The normalized spacial score (nSPS) is 14.7. The zero-order valence-corrected chi connectivity index (χ0v) is 20.2. The minimum Gasteiger partial charge on any atom is -0.494 e. The summed E-state index contributed by atoms with van der Waals surface area (Å²) in [5.74, 6) is 2.14. The summed E-state index contributed by atoms with van der Waals surface area (Å²) in [4.78, 5) is 2.35. The summed E-state index contributed by atoms with van der Waals surface area (Å²) in [5, 5.41) is 11.9. The maximum absolute atomic E-state index is 13.1. The zero-order valence-electron chi connectivity index (χ0n) is 19.4. The third-order valence-electron chi connectivity index (χ3n) is 5.76. The SMILES string of the molecule is CCCCOc1ccc(S(=O)(=O)N2CCN(c3ccc(NCc4ccccc4)nn3)CC2)cc1. The Morgan fingerprint density at radius 3 is 2.29 bits per heavy atom. The molecule has 1 saturated heterocycles. The van der Waals surface area contributed by atoms with Crippen molar-refractivity contribution >= 4 is 21.7 Å². The fraction of sp³-hybridized carbons (Fsp3) is 0.360. The number of sulfonamides is 1. The van der Waals surface area contributed by atoms with Gasteiger partial charge < -0.3 is 15.0 Å². The average Bonchev–Trinajstić information content (AvgIpc) is 2.89. The van der Waals surface area contributed by atoms with Gasteiger partial charge in [-0.05, 0) is 48.4 Å². The summed E-state index contributed by atoms with van der Waals surface area (Å²) < 4.78 is 33.3. The molecule has 0 radical (unpaired) electrons. The molecule has 1 N–H and O–H groups in total. The van der Waals surface area contributed by atoms with Crippen molar-refractivity contribution in [2.45, 2.75) is 31.2 Å². The minimum atomic E-state index is -3.54. The third kappa shape index (κ3) is 6.03. The highest BCUT2D eigenvalue weighted by Gasteiger charge is 2.29. The molecule has 0 unspecified atom stereocenters. The molecule has 0 bridgehead atoms. The number of unbranched alkanes of at least 4 members (excludes halogenated alkanes) is 1. The predicted molar refractivity (Wildman–Crippen MR) is 134 cm³/mol. The molecule has 0 atom stereocenters. The lowest BCUT2D eigenvalue weighted by Crippen LogP contribution is -2.49. The summed E-state index contributed by atoms with van der Waals surface area (Å²) in [6.07, 6.45) is 2.03. The first-order chi connectivity index (χ1) is 16.6. The van der Waals surface area contributed by atoms with Crippen LogP contribution in [0.3, 0.4) is 0 Å². The van der Waals surface area contributed by atoms with E-state index in [9.17, 15) is 8.42 Å². The van der Waals surface area contributed by atoms with Crippen LogP contribution in [0, 0.1) is 0 Å². The maximum Gasteiger partial charge on any atom is 0.243 e. The van der Waals surface area contributed by atoms with Gasteiger partial charge in [-0.25, -0.2) is 8.42 Å². The van der Waals surface area contributed by atoms with E-state index in [2.05, 4.69) is 39.5 Å². The third-order valence-corrected chi connectivity index (χ3v) is 7.67. The molecule has 3 aromatic rings. The van der Waals surface area contributed by atoms with E-state index in [0.717, 1.165) is 18.7 Å². The Hall–Kier alpha value is -3.17. The van der Waals surface area contributed by atoms with Gasteiger partial charge in [0.25, 0.3) is 0 Å². The van der Waals surface area contributed by atoms with Gasteiger partial charge in [-0.15, -0.1) is 10.2 Å². The lowest BCUT2D eigenvalue weighted by molar-refractivity contribution is 0.309. The van der Waals surface area contributed by atoms with Crippen molar-refractivity contribution in [1.82, 2.24) is 14.5 Å². The van der Waals surface area contributed by atoms with E-state index >= 15 is 0 Å². The summed E-state index contributed by atoms with van der Waals surface area (Å²) in [5.41, 5.74) is 1.17. The van der Waals surface area contributed by atoms with Crippen LogP contribution in [0.25, 0.3) is 0 Å². The highest BCUT2D eigenvalue weighted by Crippen LogP contribution is 2.22. The second-order valence-electron chi connectivity index (χ2n) is 8.18. The standard InChI is InChI=1S/C25H31N5O3S/c1-2-3-19-33-22-9-11-23(12-10-22)34(31,32)30-17-15-29(16-18-30)25-14-13-24(27-28-25)26-20-21-7-5-4-6-8-21/h4-14H,2-3,15-20H2,1H3,(H,26,27). The molecular weight excluding hydrogens is 450 g/mol. The van der Waals surface area contributed by atoms with Crippen LogP contribution >= 0.6 is 0 Å². The first-order valence-corrected chi connectivity index (χ1v) is 13.1. The molecule has 180 valence electrons. The topological polar surface area (TPSA) is 87.7 Å². The summed E-state index contributed by atoms with van der Waals surface area (Å²) in [6.45, 7) is 5.32. The van der Waals surface area contributed by atoms with E-state index in [1.165, 1.54) is 9.87 Å². The lowest BCUT2D eigenvalue weighted by Gasteiger charge is -2.34. The summed E-state index contributed by atoms with van der Waals surface area (Å²) in [7, 11) is -3.54. The van der Waals surface area contributed by atoms with Crippen molar-refractivity contribution in [1.29, 1.82) is 0 Å². The van der Waals surface area contributed by atoms with Crippen molar-refractivity contribution in [2.75, 3.05) is 43.0 Å². The molecule has 0 saturated carbocycles. The molecule has 34 heavy (non-hydrogen) atoms. The van der Waals surface area contributed by atoms with Gasteiger partial charge in [0.15, 0.2) is 5.82 Å². The second kappa shape index (κ2) is 11.3. The number of aromatic nitrogens is 2. The van der Waals surface area contributed by atoms with Crippen molar-refractivity contribution in [3.8, 4) is 5.75 Å². The van der Waals surface area contributed by atoms with E-state index in [1.54, 1.807) is 24.3 Å². The number of hydrogen-bond donors (Lipinski definition) is 1.